The summed E-state index contributed by atoms with van der Waals surface area (Å²) in [6, 6.07) is 0. The zero-order chi connectivity index (χ0) is 8.23. The van der Waals surface area contributed by atoms with Crippen molar-refractivity contribution in [2.75, 3.05) is 0 Å². The van der Waals surface area contributed by atoms with Crippen LogP contribution in [0.25, 0.3) is 0 Å². The highest BCUT2D eigenvalue weighted by molar-refractivity contribution is 14.2. The molecule has 2 aliphatic rings. The molecule has 0 aromatic carbocycles. The van der Waals surface area contributed by atoms with E-state index in [4.69, 9.17) is 0 Å². The van der Waals surface area contributed by atoms with Crippen LogP contribution in [-0.2, 0) is 0 Å². The molecule has 2 rings (SSSR count). The van der Waals surface area contributed by atoms with Crippen LogP contribution in [0, 0.1) is 11.8 Å². The average Bonchev–Trinajstić information content (AvgIpc) is 2.21. The molecule has 0 bridgehead atoms. The molecule has 66 valence electrons. The first kappa shape index (κ1) is 9.24. The predicted octanol–water partition coefficient (Wildman–Crippen LogP) is 3.60. The first-order chi connectivity index (χ1) is 5.97. The summed E-state index contributed by atoms with van der Waals surface area (Å²) in [7, 11) is 0. The second-order valence-electron chi connectivity index (χ2n) is 3.00. The minimum Gasteiger partial charge on any atom is -0.0985 e. The van der Waals surface area contributed by atoms with Gasteiger partial charge in [-0.1, -0.05) is 61.6 Å². The smallest absolute Gasteiger partial charge is 0.0121 e. The van der Waals surface area contributed by atoms with Crippen molar-refractivity contribution >= 4 is 49.5 Å². The lowest BCUT2D eigenvalue weighted by Crippen LogP contribution is -2.13. The van der Waals surface area contributed by atoms with Crippen LogP contribution in [0.5, 0.6) is 0 Å². The fourth-order valence-corrected chi connectivity index (χ4v) is 5.37. The van der Waals surface area contributed by atoms with Gasteiger partial charge in [-0.3, -0.25) is 0 Å². The molecule has 0 saturated carbocycles. The topological polar surface area (TPSA) is 0 Å². The summed E-state index contributed by atoms with van der Waals surface area (Å²) in [6.07, 6.45) is 7.59. The Hall–Kier alpha value is 0.680. The van der Waals surface area contributed by atoms with Crippen LogP contribution in [0.4, 0.5) is 0 Å². The number of hydrogen-bond donors (Lipinski definition) is 0. The molecule has 2 atom stereocenters. The number of halogens is 2. The molecule has 2 aliphatic heterocycles. The van der Waals surface area contributed by atoms with Gasteiger partial charge in [-0.25, -0.2) is 0 Å². The number of rotatable bonds is 1. The fraction of sp³-hybridized carbons (Fsp3) is 0.400. The summed E-state index contributed by atoms with van der Waals surface area (Å²) in [6.45, 7) is 0. The predicted molar refractivity (Wildman–Crippen MR) is 74.7 cm³/mol. The van der Waals surface area contributed by atoms with Gasteiger partial charge in [0, 0.05) is 0 Å². The van der Waals surface area contributed by atoms with Crippen molar-refractivity contribution < 1.29 is 0 Å². The molecule has 0 spiro atoms. The van der Waals surface area contributed by atoms with E-state index in [1.54, 1.807) is 0 Å². The summed E-state index contributed by atoms with van der Waals surface area (Å²) < 4.78 is 9.87. The highest BCUT2D eigenvalue weighted by Crippen LogP contribution is 2.29. The summed E-state index contributed by atoms with van der Waals surface area (Å²) in [4.78, 5) is 0. The Labute approximate surface area is 93.6 Å². The number of hydrogen-bond acceptors (Lipinski definition) is 0. The maximum Gasteiger partial charge on any atom is -0.0121 e. The zero-order valence-corrected chi connectivity index (χ0v) is 11.1. The van der Waals surface area contributed by atoms with E-state index < -0.39 is 0 Å². The molecule has 0 N–H and O–H groups in total. The van der Waals surface area contributed by atoms with Crippen LogP contribution in [0.2, 0.25) is 0 Å². The molecule has 0 radical (unpaired) electrons. The molecule has 0 amide bonds. The Bertz CT molecular complexity index is 233. The maximum absolute atomic E-state index is 2.51. The quantitative estimate of drug-likeness (QED) is 0.605. The molecule has 0 aromatic heterocycles. The van der Waals surface area contributed by atoms with Gasteiger partial charge in [0.15, 0.2) is 0 Å². The molecule has 0 nitrogen and oxygen atoms in total. The Balaban J connectivity index is 2.01. The van der Waals surface area contributed by atoms with E-state index in [1.807, 2.05) is 0 Å². The third-order valence-electron chi connectivity index (χ3n) is 2.24. The Morgan fingerprint density at radius 3 is 1.67 bits per heavy atom. The van der Waals surface area contributed by atoms with Gasteiger partial charge in [0.1, 0.15) is 0 Å². The molecule has 0 aromatic rings. The standard InChI is InChI=1S/C10H12I2/c1-5-11-6-2-9(1)10-3-7-12-8-4-10/h1,3,5-10H,2,4H2. The van der Waals surface area contributed by atoms with E-state index in [0.717, 1.165) is 11.8 Å². The summed E-state index contributed by atoms with van der Waals surface area (Å²) in [5.41, 5.74) is 0. The van der Waals surface area contributed by atoms with Gasteiger partial charge in [0.05, 0.1) is 0 Å². The second-order valence-corrected chi connectivity index (χ2v) is 7.63. The van der Waals surface area contributed by atoms with E-state index >= 15 is 0 Å². The summed E-state index contributed by atoms with van der Waals surface area (Å²) in [5, 5.41) is 0. The van der Waals surface area contributed by atoms with Crippen molar-refractivity contribution in [3.8, 4) is 0 Å². The van der Waals surface area contributed by atoms with Crippen LogP contribution < -0.4 is 0 Å². The van der Waals surface area contributed by atoms with Gasteiger partial charge < -0.3 is 0 Å². The SMILES string of the molecule is C1=CC(C2C=CI=CC2)CC=I1. The van der Waals surface area contributed by atoms with Crippen molar-refractivity contribution in [2.45, 2.75) is 12.8 Å². The van der Waals surface area contributed by atoms with Crippen molar-refractivity contribution in [1.82, 2.24) is 0 Å². The fourth-order valence-electron chi connectivity index (χ4n) is 1.47. The van der Waals surface area contributed by atoms with E-state index in [1.165, 1.54) is 12.8 Å². The van der Waals surface area contributed by atoms with Gasteiger partial charge >= 0.3 is 0 Å². The zero-order valence-electron chi connectivity index (χ0n) is 6.79. The molecule has 12 heavy (non-hydrogen) atoms. The lowest BCUT2D eigenvalue weighted by atomic mass is 9.88. The molecule has 2 heterocycles. The molecule has 2 heteroatoms. The van der Waals surface area contributed by atoms with E-state index in [9.17, 15) is 0 Å². The van der Waals surface area contributed by atoms with Crippen LogP contribution in [0.1, 0.15) is 12.8 Å². The lowest BCUT2D eigenvalue weighted by molar-refractivity contribution is 0.513. The molecule has 0 saturated heterocycles. The van der Waals surface area contributed by atoms with Crippen LogP contribution in [-0.4, -0.2) is 8.02 Å². The minimum absolute atomic E-state index is 0.332. The normalized spacial score (nSPS) is 34.0. The van der Waals surface area contributed by atoms with Crippen LogP contribution >= 0.6 is 41.5 Å². The van der Waals surface area contributed by atoms with Gasteiger partial charge in [0.2, 0.25) is 0 Å². The van der Waals surface area contributed by atoms with Crippen molar-refractivity contribution in [3.63, 3.8) is 0 Å². The maximum atomic E-state index is 2.51. The Kier molecular flexibility index (Phi) is 3.69. The summed E-state index contributed by atoms with van der Waals surface area (Å²) >= 11 is 0.664. The van der Waals surface area contributed by atoms with Gasteiger partial charge in [-0.05, 0) is 32.8 Å². The minimum atomic E-state index is 0.332. The summed E-state index contributed by atoms with van der Waals surface area (Å²) in [5.74, 6) is 1.66. The average molecular weight is 386 g/mol. The van der Waals surface area contributed by atoms with Crippen molar-refractivity contribution in [2.24, 2.45) is 11.8 Å². The monoisotopic (exact) mass is 386 g/mol. The molecule has 2 unspecified atom stereocenters. The van der Waals surface area contributed by atoms with Crippen molar-refractivity contribution in [1.29, 1.82) is 0 Å². The van der Waals surface area contributed by atoms with Crippen molar-refractivity contribution in [3.05, 3.63) is 20.3 Å². The second kappa shape index (κ2) is 4.79. The van der Waals surface area contributed by atoms with Gasteiger partial charge in [0.25, 0.3) is 0 Å². The molecular formula is C10H12I2. The third kappa shape index (κ3) is 2.34. The molecule has 0 fully saturated rings. The first-order valence-electron chi connectivity index (χ1n) is 4.17. The largest absolute Gasteiger partial charge is 0.0985 e. The lowest BCUT2D eigenvalue weighted by Gasteiger charge is -2.21. The Morgan fingerprint density at radius 1 is 0.833 bits per heavy atom. The molecule has 0 aliphatic carbocycles. The first-order valence-corrected chi connectivity index (χ1v) is 9.16. The molecular weight excluding hydrogens is 374 g/mol. The number of allylic oxidation sites excluding steroid dienone is 2. The van der Waals surface area contributed by atoms with E-state index in [0.29, 0.717) is 41.5 Å². The highest BCUT2D eigenvalue weighted by atomic mass is 127. The highest BCUT2D eigenvalue weighted by Gasteiger charge is 2.16. The van der Waals surface area contributed by atoms with Crippen LogP contribution in [0.15, 0.2) is 20.3 Å². The van der Waals surface area contributed by atoms with E-state index in [-0.39, 0.29) is 0 Å². The van der Waals surface area contributed by atoms with Gasteiger partial charge in [-0.15, -0.1) is 0 Å². The van der Waals surface area contributed by atoms with Gasteiger partial charge in [-0.2, -0.15) is 0 Å². The van der Waals surface area contributed by atoms with Crippen LogP contribution in [0.3, 0.4) is 0 Å². The van der Waals surface area contributed by atoms with E-state index in [2.05, 4.69) is 28.3 Å². The Morgan fingerprint density at radius 2 is 1.33 bits per heavy atom. The third-order valence-corrected chi connectivity index (χ3v) is 5.93.